The third-order valence-electron chi connectivity index (χ3n) is 5.44. The van der Waals surface area contributed by atoms with Crippen LogP contribution in [0.25, 0.3) is 10.7 Å². The molecule has 0 spiro atoms. The highest BCUT2D eigenvalue weighted by molar-refractivity contribution is 7.91. The van der Waals surface area contributed by atoms with Crippen LogP contribution in [-0.2, 0) is 9.84 Å². The number of thiophene rings is 1. The molecular formula is C18H24N2O2S2. The summed E-state index contributed by atoms with van der Waals surface area (Å²) in [6, 6.07) is 4.74. The molecule has 6 heteroatoms. The van der Waals surface area contributed by atoms with Crippen molar-refractivity contribution >= 4 is 21.2 Å². The van der Waals surface area contributed by atoms with Crippen LogP contribution in [0.1, 0.15) is 61.8 Å². The van der Waals surface area contributed by atoms with Gasteiger partial charge in [0.2, 0.25) is 0 Å². The maximum absolute atomic E-state index is 11.7. The van der Waals surface area contributed by atoms with E-state index in [9.17, 15) is 8.42 Å². The van der Waals surface area contributed by atoms with Gasteiger partial charge < -0.3 is 4.57 Å². The molecule has 4 rings (SSSR count). The monoisotopic (exact) mass is 364 g/mol. The number of sulfone groups is 1. The van der Waals surface area contributed by atoms with E-state index >= 15 is 0 Å². The average molecular weight is 365 g/mol. The van der Waals surface area contributed by atoms with Gasteiger partial charge in [-0.05, 0) is 43.7 Å². The maximum Gasteiger partial charge on any atom is 0.150 e. The molecule has 4 nitrogen and oxygen atoms in total. The first kappa shape index (κ1) is 16.3. The minimum atomic E-state index is -2.83. The highest BCUT2D eigenvalue weighted by Crippen LogP contribution is 2.39. The number of hydrogen-bond acceptors (Lipinski definition) is 4. The minimum absolute atomic E-state index is 0.256. The summed E-state index contributed by atoms with van der Waals surface area (Å²) in [4.78, 5) is 7.29. The average Bonchev–Trinajstić information content (AvgIpc) is 3.25. The van der Waals surface area contributed by atoms with E-state index in [4.69, 9.17) is 0 Å². The van der Waals surface area contributed by atoms with Crippen LogP contribution in [0.2, 0.25) is 0 Å². The summed E-state index contributed by atoms with van der Waals surface area (Å²) in [5, 5.41) is 0. The van der Waals surface area contributed by atoms with Crippen molar-refractivity contribution in [2.75, 3.05) is 11.5 Å². The van der Waals surface area contributed by atoms with Crippen LogP contribution in [0.5, 0.6) is 0 Å². The van der Waals surface area contributed by atoms with Gasteiger partial charge >= 0.3 is 0 Å². The Hall–Kier alpha value is -1.14. The number of rotatable bonds is 3. The quantitative estimate of drug-likeness (QED) is 0.810. The molecular weight excluding hydrogens is 340 g/mol. The van der Waals surface area contributed by atoms with Crippen molar-refractivity contribution in [3.63, 3.8) is 0 Å². The van der Waals surface area contributed by atoms with Crippen LogP contribution >= 0.6 is 11.3 Å². The van der Waals surface area contributed by atoms with E-state index in [0.29, 0.717) is 24.3 Å². The summed E-state index contributed by atoms with van der Waals surface area (Å²) < 4.78 is 25.6. The molecule has 130 valence electrons. The molecule has 0 amide bonds. The summed E-state index contributed by atoms with van der Waals surface area (Å²) >= 11 is 1.87. The van der Waals surface area contributed by atoms with E-state index < -0.39 is 9.84 Å². The molecule has 2 fully saturated rings. The van der Waals surface area contributed by atoms with Gasteiger partial charge in [-0.1, -0.05) is 19.3 Å². The van der Waals surface area contributed by atoms with Gasteiger partial charge in [-0.3, -0.25) is 0 Å². The zero-order valence-corrected chi connectivity index (χ0v) is 15.5. The number of aromatic nitrogens is 2. The molecule has 1 aliphatic carbocycles. The molecule has 0 unspecified atom stereocenters. The molecule has 2 aromatic heterocycles. The number of nitrogens with zero attached hydrogens (tertiary/aromatic N) is 2. The Bertz CT molecular complexity index is 787. The molecule has 0 N–H and O–H groups in total. The lowest BCUT2D eigenvalue weighted by atomic mass is 9.88. The van der Waals surface area contributed by atoms with Crippen molar-refractivity contribution in [2.45, 2.75) is 56.9 Å². The Kier molecular flexibility index (Phi) is 4.52. The van der Waals surface area contributed by atoms with Crippen molar-refractivity contribution in [2.24, 2.45) is 0 Å². The van der Waals surface area contributed by atoms with E-state index in [1.807, 2.05) is 23.7 Å². The number of hydrogen-bond donors (Lipinski definition) is 0. The van der Waals surface area contributed by atoms with Crippen molar-refractivity contribution in [3.05, 3.63) is 29.4 Å². The second kappa shape index (κ2) is 6.64. The fourth-order valence-electron chi connectivity index (χ4n) is 4.03. The van der Waals surface area contributed by atoms with Crippen LogP contribution in [0.15, 0.2) is 24.5 Å². The van der Waals surface area contributed by atoms with E-state index in [0.717, 1.165) is 11.7 Å². The number of imidazole rings is 1. The topological polar surface area (TPSA) is 52.0 Å². The first-order valence-corrected chi connectivity index (χ1v) is 11.6. The minimum Gasteiger partial charge on any atom is -0.327 e. The lowest BCUT2D eigenvalue weighted by Gasteiger charge is -2.24. The van der Waals surface area contributed by atoms with Crippen molar-refractivity contribution < 1.29 is 8.42 Å². The van der Waals surface area contributed by atoms with E-state index in [1.165, 1.54) is 41.9 Å². The summed E-state index contributed by atoms with van der Waals surface area (Å²) in [6.45, 7) is 0. The van der Waals surface area contributed by atoms with Crippen LogP contribution in [0, 0.1) is 0 Å². The Morgan fingerprint density at radius 1 is 1.04 bits per heavy atom. The molecule has 1 saturated heterocycles. The molecule has 24 heavy (non-hydrogen) atoms. The zero-order chi connectivity index (χ0) is 16.6. The fourth-order valence-corrected chi connectivity index (χ4v) is 6.68. The molecule has 1 saturated carbocycles. The zero-order valence-electron chi connectivity index (χ0n) is 13.9. The normalized spacial score (nSPS) is 22.7. The van der Waals surface area contributed by atoms with Gasteiger partial charge in [0.1, 0.15) is 15.7 Å². The Balaban J connectivity index is 1.55. The molecule has 0 atom stereocenters. The first-order valence-electron chi connectivity index (χ1n) is 8.96. The third kappa shape index (κ3) is 3.31. The SMILES string of the molecule is O=S1(=O)CCC(n2ccnc2-c2ccc(C3CCCCC3)s2)CC1. The van der Waals surface area contributed by atoms with Crippen LogP contribution in [0.3, 0.4) is 0 Å². The second-order valence-electron chi connectivity index (χ2n) is 7.08. The van der Waals surface area contributed by atoms with E-state index in [2.05, 4.69) is 21.7 Å². The molecule has 0 bridgehead atoms. The van der Waals surface area contributed by atoms with Crippen LogP contribution in [0.4, 0.5) is 0 Å². The van der Waals surface area contributed by atoms with E-state index in [-0.39, 0.29) is 6.04 Å². The predicted molar refractivity (Wildman–Crippen MR) is 98.3 cm³/mol. The summed E-state index contributed by atoms with van der Waals surface area (Å²) in [5.41, 5.74) is 0. The predicted octanol–water partition coefficient (Wildman–Crippen LogP) is 4.41. The maximum atomic E-state index is 11.7. The third-order valence-corrected chi connectivity index (χ3v) is 8.40. The van der Waals surface area contributed by atoms with Crippen LogP contribution < -0.4 is 0 Å². The Labute approximate surface area is 147 Å². The lowest BCUT2D eigenvalue weighted by molar-refractivity contribution is 0.448. The molecule has 0 radical (unpaired) electrons. The van der Waals surface area contributed by atoms with Gasteiger partial charge in [-0.25, -0.2) is 13.4 Å². The van der Waals surface area contributed by atoms with Crippen molar-refractivity contribution in [1.82, 2.24) is 9.55 Å². The largest absolute Gasteiger partial charge is 0.327 e. The van der Waals surface area contributed by atoms with Gasteiger partial charge in [0.25, 0.3) is 0 Å². The Morgan fingerprint density at radius 2 is 1.79 bits per heavy atom. The molecule has 2 aromatic rings. The van der Waals surface area contributed by atoms with Crippen molar-refractivity contribution in [3.8, 4) is 10.7 Å². The molecule has 2 aliphatic rings. The van der Waals surface area contributed by atoms with Gasteiger partial charge in [-0.2, -0.15) is 0 Å². The van der Waals surface area contributed by atoms with Gasteiger partial charge in [0.15, 0.2) is 0 Å². The molecule has 0 aromatic carbocycles. The van der Waals surface area contributed by atoms with Gasteiger partial charge in [0, 0.05) is 23.3 Å². The standard InChI is InChI=1S/C18H24N2O2S2/c21-24(22)12-8-15(9-13-24)20-11-10-19-18(20)17-7-6-16(23-17)14-4-2-1-3-5-14/h6-7,10-11,14-15H,1-5,8-9,12-13H2. The summed E-state index contributed by atoms with van der Waals surface area (Å²) in [7, 11) is -2.83. The Morgan fingerprint density at radius 3 is 2.54 bits per heavy atom. The van der Waals surface area contributed by atoms with Crippen molar-refractivity contribution in [1.29, 1.82) is 0 Å². The highest BCUT2D eigenvalue weighted by Gasteiger charge is 2.27. The highest BCUT2D eigenvalue weighted by atomic mass is 32.2. The van der Waals surface area contributed by atoms with Crippen LogP contribution in [-0.4, -0.2) is 29.5 Å². The second-order valence-corrected chi connectivity index (χ2v) is 10.5. The first-order chi connectivity index (χ1) is 11.6. The molecule has 3 heterocycles. The van der Waals surface area contributed by atoms with Gasteiger partial charge in [0.05, 0.1) is 16.4 Å². The fraction of sp³-hybridized carbons (Fsp3) is 0.611. The summed E-state index contributed by atoms with van der Waals surface area (Å²) in [5.74, 6) is 2.33. The lowest BCUT2D eigenvalue weighted by Crippen LogP contribution is -2.25. The summed E-state index contributed by atoms with van der Waals surface area (Å²) in [6.07, 6.45) is 12.0. The molecule has 1 aliphatic heterocycles. The van der Waals surface area contributed by atoms with E-state index in [1.54, 1.807) is 0 Å². The van der Waals surface area contributed by atoms with Gasteiger partial charge in [-0.15, -0.1) is 11.3 Å². The smallest absolute Gasteiger partial charge is 0.150 e.